The first kappa shape index (κ1) is 12.5. The largest absolute Gasteiger partial charge is 0.240 e. The molecule has 0 aliphatic rings. The minimum atomic E-state index is 0.604. The van der Waals surface area contributed by atoms with Crippen molar-refractivity contribution in [2.24, 2.45) is 0 Å². The lowest BCUT2D eigenvalue weighted by molar-refractivity contribution is 0.553. The molecule has 0 radical (unpaired) electrons. The van der Waals surface area contributed by atoms with E-state index in [1.807, 2.05) is 29.9 Å². The molecule has 0 fully saturated rings. The second kappa shape index (κ2) is 5.24. The summed E-state index contributed by atoms with van der Waals surface area (Å²) in [6, 6.07) is 8.23. The molecule has 3 rings (SSSR count). The third-order valence-corrected chi connectivity index (χ3v) is 3.20. The Balaban J connectivity index is 1.97. The van der Waals surface area contributed by atoms with Gasteiger partial charge in [0.05, 0.1) is 24.0 Å². The van der Waals surface area contributed by atoms with E-state index in [-0.39, 0.29) is 0 Å². The molecule has 0 saturated carbocycles. The molecule has 0 aliphatic heterocycles. The molecule has 0 spiro atoms. The Hall–Kier alpha value is -2.50. The van der Waals surface area contributed by atoms with Crippen LogP contribution in [-0.4, -0.2) is 30.0 Å². The van der Waals surface area contributed by atoms with Crippen molar-refractivity contribution < 1.29 is 0 Å². The van der Waals surface area contributed by atoms with Crippen LogP contribution in [0, 0.1) is 0 Å². The molecular formula is C14H16N6. The Kier molecular flexibility index (Phi) is 3.28. The zero-order valence-corrected chi connectivity index (χ0v) is 11.6. The molecule has 0 unspecified atom stereocenters. The van der Waals surface area contributed by atoms with Gasteiger partial charge >= 0.3 is 0 Å². The lowest BCUT2D eigenvalue weighted by Crippen LogP contribution is -1.99. The minimum absolute atomic E-state index is 0.604. The molecule has 0 atom stereocenters. The van der Waals surface area contributed by atoms with Gasteiger partial charge in [-0.15, -0.1) is 10.2 Å². The molecule has 6 nitrogen and oxygen atoms in total. The Morgan fingerprint density at radius 2 is 2.00 bits per heavy atom. The van der Waals surface area contributed by atoms with Crippen LogP contribution in [0.2, 0.25) is 0 Å². The van der Waals surface area contributed by atoms with Gasteiger partial charge in [0, 0.05) is 6.20 Å². The summed E-state index contributed by atoms with van der Waals surface area (Å²) in [5, 5.41) is 16.7. The lowest BCUT2D eigenvalue weighted by atomic mass is 10.1. The summed E-state index contributed by atoms with van der Waals surface area (Å²) >= 11 is 0. The maximum absolute atomic E-state index is 4.41. The smallest absolute Gasteiger partial charge is 0.208 e. The van der Waals surface area contributed by atoms with Crippen molar-refractivity contribution in [2.75, 3.05) is 0 Å². The van der Waals surface area contributed by atoms with Gasteiger partial charge in [0.1, 0.15) is 0 Å². The molecule has 1 aromatic carbocycles. The van der Waals surface area contributed by atoms with E-state index in [4.69, 9.17) is 0 Å². The maximum Gasteiger partial charge on any atom is 0.208 e. The first-order valence-electron chi connectivity index (χ1n) is 6.73. The van der Waals surface area contributed by atoms with Crippen LogP contribution in [0.3, 0.4) is 0 Å². The molecule has 2 heterocycles. The number of hydrogen-bond acceptors (Lipinski definition) is 4. The quantitative estimate of drug-likeness (QED) is 0.727. The highest BCUT2D eigenvalue weighted by Gasteiger charge is 2.10. The normalized spacial score (nSPS) is 10.9. The molecule has 0 bridgehead atoms. The number of para-hydroxylation sites is 1. The Morgan fingerprint density at radius 1 is 1.15 bits per heavy atom. The Labute approximate surface area is 117 Å². The molecule has 2 aromatic heterocycles. The van der Waals surface area contributed by atoms with Gasteiger partial charge in [-0.25, -0.2) is 4.68 Å². The molecule has 102 valence electrons. The first-order chi connectivity index (χ1) is 9.81. The Morgan fingerprint density at radius 3 is 2.75 bits per heavy atom. The fourth-order valence-electron chi connectivity index (χ4n) is 2.10. The van der Waals surface area contributed by atoms with Crippen molar-refractivity contribution in [3.05, 3.63) is 42.2 Å². The van der Waals surface area contributed by atoms with Crippen molar-refractivity contribution >= 4 is 0 Å². The van der Waals surface area contributed by atoms with Crippen LogP contribution < -0.4 is 0 Å². The summed E-state index contributed by atoms with van der Waals surface area (Å²) in [6.07, 6.45) is 4.67. The van der Waals surface area contributed by atoms with Gasteiger partial charge in [-0.05, 0) is 30.2 Å². The van der Waals surface area contributed by atoms with Crippen LogP contribution in [0.25, 0.3) is 17.1 Å². The number of tetrazole rings is 1. The van der Waals surface area contributed by atoms with Gasteiger partial charge in [-0.1, -0.05) is 25.1 Å². The second-order valence-corrected chi connectivity index (χ2v) is 4.46. The van der Waals surface area contributed by atoms with Gasteiger partial charge in [0.25, 0.3) is 0 Å². The molecule has 3 aromatic rings. The van der Waals surface area contributed by atoms with Crippen LogP contribution >= 0.6 is 0 Å². The van der Waals surface area contributed by atoms with Crippen molar-refractivity contribution in [3.63, 3.8) is 0 Å². The summed E-state index contributed by atoms with van der Waals surface area (Å²) in [5.74, 6) is 0.604. The summed E-state index contributed by atoms with van der Waals surface area (Å²) < 4.78 is 1.86. The third kappa shape index (κ3) is 2.20. The van der Waals surface area contributed by atoms with E-state index in [0.717, 1.165) is 17.7 Å². The minimum Gasteiger partial charge on any atom is -0.240 e. The van der Waals surface area contributed by atoms with Crippen molar-refractivity contribution in [1.82, 2.24) is 30.0 Å². The summed E-state index contributed by atoms with van der Waals surface area (Å²) in [4.78, 5) is 1.56. The molecule has 0 amide bonds. The second-order valence-electron chi connectivity index (χ2n) is 4.46. The van der Waals surface area contributed by atoms with E-state index in [1.54, 1.807) is 11.0 Å². The van der Waals surface area contributed by atoms with Crippen LogP contribution in [0.1, 0.15) is 19.4 Å². The first-order valence-corrected chi connectivity index (χ1v) is 6.73. The molecule has 0 N–H and O–H groups in total. The standard InChI is InChI=1S/C14H16N6/c1-3-11-7-5-6-8-13(11)19-10-12(9-15-19)14-16-18-20(4-2)17-14/h5-10H,3-4H2,1-2H3. The molecular weight excluding hydrogens is 252 g/mol. The van der Waals surface area contributed by atoms with Crippen LogP contribution in [0.4, 0.5) is 0 Å². The van der Waals surface area contributed by atoms with Gasteiger partial charge in [-0.2, -0.15) is 9.90 Å². The van der Waals surface area contributed by atoms with Gasteiger partial charge in [0.15, 0.2) is 0 Å². The highest BCUT2D eigenvalue weighted by atomic mass is 15.6. The summed E-state index contributed by atoms with van der Waals surface area (Å²) in [7, 11) is 0. The SMILES string of the molecule is CCc1ccccc1-n1cc(-c2nnn(CC)n2)cn1. The Bertz CT molecular complexity index is 712. The van der Waals surface area contributed by atoms with Gasteiger partial charge < -0.3 is 0 Å². The van der Waals surface area contributed by atoms with Crippen LogP contribution in [0.5, 0.6) is 0 Å². The van der Waals surface area contributed by atoms with E-state index in [0.29, 0.717) is 12.4 Å². The zero-order chi connectivity index (χ0) is 13.9. The van der Waals surface area contributed by atoms with Crippen molar-refractivity contribution in [1.29, 1.82) is 0 Å². The molecule has 6 heteroatoms. The average molecular weight is 268 g/mol. The van der Waals surface area contributed by atoms with E-state index >= 15 is 0 Å². The number of hydrogen-bond donors (Lipinski definition) is 0. The third-order valence-electron chi connectivity index (χ3n) is 3.20. The van der Waals surface area contributed by atoms with E-state index in [2.05, 4.69) is 39.6 Å². The lowest BCUT2D eigenvalue weighted by Gasteiger charge is -2.06. The topological polar surface area (TPSA) is 61.4 Å². The van der Waals surface area contributed by atoms with Gasteiger partial charge in [0.2, 0.25) is 5.82 Å². The number of rotatable bonds is 4. The highest BCUT2D eigenvalue weighted by molar-refractivity contribution is 5.53. The van der Waals surface area contributed by atoms with E-state index in [9.17, 15) is 0 Å². The fourth-order valence-corrected chi connectivity index (χ4v) is 2.10. The van der Waals surface area contributed by atoms with E-state index in [1.165, 1.54) is 5.56 Å². The number of aryl methyl sites for hydroxylation is 2. The number of nitrogens with zero attached hydrogens (tertiary/aromatic N) is 6. The monoisotopic (exact) mass is 268 g/mol. The van der Waals surface area contributed by atoms with Gasteiger partial charge in [-0.3, -0.25) is 0 Å². The molecule has 20 heavy (non-hydrogen) atoms. The zero-order valence-electron chi connectivity index (χ0n) is 11.6. The molecule has 0 saturated heterocycles. The van der Waals surface area contributed by atoms with Crippen molar-refractivity contribution in [2.45, 2.75) is 26.8 Å². The number of aromatic nitrogens is 6. The van der Waals surface area contributed by atoms with Crippen LogP contribution in [0.15, 0.2) is 36.7 Å². The fraction of sp³-hybridized carbons (Fsp3) is 0.286. The predicted octanol–water partition coefficient (Wildman–Crippen LogP) is 2.11. The maximum atomic E-state index is 4.41. The summed E-state index contributed by atoms with van der Waals surface area (Å²) in [6.45, 7) is 4.82. The van der Waals surface area contributed by atoms with E-state index < -0.39 is 0 Å². The molecule has 0 aliphatic carbocycles. The average Bonchev–Trinajstić information content (AvgIpc) is 3.15. The van der Waals surface area contributed by atoms with Crippen LogP contribution in [-0.2, 0) is 13.0 Å². The highest BCUT2D eigenvalue weighted by Crippen LogP contribution is 2.18. The van der Waals surface area contributed by atoms with Crippen molar-refractivity contribution in [3.8, 4) is 17.1 Å². The predicted molar refractivity (Wildman–Crippen MR) is 75.4 cm³/mol. The number of benzene rings is 1. The summed E-state index contributed by atoms with van der Waals surface area (Å²) in [5.41, 5.74) is 3.21.